The molecule has 0 aromatic heterocycles. The molecule has 0 saturated carbocycles. The van der Waals surface area contributed by atoms with E-state index in [9.17, 15) is 14.7 Å². The Labute approximate surface area is 119 Å². The van der Waals surface area contributed by atoms with Crippen LogP contribution >= 0.6 is 0 Å². The predicted octanol–water partition coefficient (Wildman–Crippen LogP) is -0.147. The van der Waals surface area contributed by atoms with E-state index in [1.165, 1.54) is 0 Å². The molecule has 1 aliphatic rings. The highest BCUT2D eigenvalue weighted by atomic mass is 16.4. The number of rotatable bonds is 6. The van der Waals surface area contributed by atoms with E-state index < -0.39 is 17.6 Å². The highest BCUT2D eigenvalue weighted by Crippen LogP contribution is 2.15. The second-order valence-corrected chi connectivity index (χ2v) is 5.52. The van der Waals surface area contributed by atoms with Crippen molar-refractivity contribution in [3.05, 3.63) is 0 Å². The summed E-state index contributed by atoms with van der Waals surface area (Å²) < 4.78 is 0. The number of hydrogen-bond acceptors (Lipinski definition) is 4. The van der Waals surface area contributed by atoms with Crippen molar-refractivity contribution >= 4 is 12.0 Å². The Kier molecular flexibility index (Phi) is 6.22. The van der Waals surface area contributed by atoms with Crippen LogP contribution in [0.4, 0.5) is 4.79 Å². The summed E-state index contributed by atoms with van der Waals surface area (Å²) in [6.45, 7) is 6.72. The molecule has 0 bridgehead atoms. The molecule has 1 fully saturated rings. The number of carbonyl (C=O) groups excluding carboxylic acids is 1. The fraction of sp³-hybridized carbons (Fsp3) is 0.846. The van der Waals surface area contributed by atoms with E-state index in [1.54, 1.807) is 0 Å². The molecule has 0 aromatic carbocycles. The number of amides is 2. The smallest absolute Gasteiger partial charge is 0.337 e. The lowest BCUT2D eigenvalue weighted by atomic mass is 9.97. The molecule has 1 heterocycles. The van der Waals surface area contributed by atoms with Gasteiger partial charge in [-0.3, -0.25) is 0 Å². The largest absolute Gasteiger partial charge is 0.479 e. The van der Waals surface area contributed by atoms with E-state index in [4.69, 9.17) is 5.11 Å². The van der Waals surface area contributed by atoms with Crippen molar-refractivity contribution in [1.82, 2.24) is 15.5 Å². The summed E-state index contributed by atoms with van der Waals surface area (Å²) in [5.74, 6) is -0.895. The summed E-state index contributed by atoms with van der Waals surface area (Å²) in [6, 6.07) is -0.440. The van der Waals surface area contributed by atoms with Gasteiger partial charge in [0.2, 0.25) is 0 Å². The van der Waals surface area contributed by atoms with Gasteiger partial charge in [-0.1, -0.05) is 6.92 Å². The molecule has 1 aliphatic heterocycles. The predicted molar refractivity (Wildman–Crippen MR) is 74.5 cm³/mol. The Morgan fingerprint density at radius 3 is 2.40 bits per heavy atom. The average molecular weight is 287 g/mol. The van der Waals surface area contributed by atoms with Crippen molar-refractivity contribution in [2.75, 3.05) is 32.7 Å². The van der Waals surface area contributed by atoms with Gasteiger partial charge in [-0.25, -0.2) is 9.59 Å². The van der Waals surface area contributed by atoms with Gasteiger partial charge < -0.3 is 25.7 Å². The number of carbonyl (C=O) groups is 2. The van der Waals surface area contributed by atoms with Crippen LogP contribution in [0.15, 0.2) is 0 Å². The topological polar surface area (TPSA) is 102 Å². The first-order chi connectivity index (χ1) is 9.35. The van der Waals surface area contributed by atoms with Crippen molar-refractivity contribution in [1.29, 1.82) is 0 Å². The molecular formula is C13H25N3O4. The molecule has 0 radical (unpaired) electrons. The van der Waals surface area contributed by atoms with Gasteiger partial charge in [0.05, 0.1) is 6.54 Å². The van der Waals surface area contributed by atoms with Crippen LogP contribution in [-0.2, 0) is 4.79 Å². The van der Waals surface area contributed by atoms with Gasteiger partial charge in [0.15, 0.2) is 5.60 Å². The number of carboxylic acids is 1. The Balaban J connectivity index is 2.19. The lowest BCUT2D eigenvalue weighted by Crippen LogP contribution is -2.50. The minimum atomic E-state index is -1.94. The molecular weight excluding hydrogens is 262 g/mol. The first kappa shape index (κ1) is 16.7. The van der Waals surface area contributed by atoms with E-state index >= 15 is 0 Å². The molecule has 4 N–H and O–H groups in total. The molecule has 0 aromatic rings. The number of aliphatic hydroxyl groups is 1. The lowest BCUT2D eigenvalue weighted by molar-refractivity contribution is -0.155. The molecule has 1 saturated heterocycles. The van der Waals surface area contributed by atoms with Crippen molar-refractivity contribution in [2.24, 2.45) is 5.92 Å². The molecule has 1 atom stereocenters. The Hall–Kier alpha value is -1.34. The zero-order chi connectivity index (χ0) is 15.2. The van der Waals surface area contributed by atoms with Gasteiger partial charge in [-0.05, 0) is 45.3 Å². The molecule has 116 valence electrons. The fourth-order valence-electron chi connectivity index (χ4n) is 2.13. The minimum absolute atomic E-state index is 0.317. The second kappa shape index (κ2) is 7.44. The van der Waals surface area contributed by atoms with Crippen LogP contribution in [0, 0.1) is 5.92 Å². The van der Waals surface area contributed by atoms with E-state index in [-0.39, 0.29) is 6.54 Å². The number of nitrogens with zero attached hydrogens (tertiary/aromatic N) is 1. The number of carboxylic acid groups (broad SMARTS) is 1. The molecule has 7 nitrogen and oxygen atoms in total. The molecule has 1 unspecified atom stereocenters. The highest BCUT2D eigenvalue weighted by Gasteiger charge is 2.30. The summed E-state index contributed by atoms with van der Waals surface area (Å²) in [5, 5.41) is 23.3. The van der Waals surface area contributed by atoms with Crippen LogP contribution in [-0.4, -0.2) is 65.4 Å². The normalized spacial score (nSPS) is 20.1. The summed E-state index contributed by atoms with van der Waals surface area (Å²) in [7, 11) is 0. The fourth-order valence-corrected chi connectivity index (χ4v) is 2.13. The Bertz CT molecular complexity index is 339. The minimum Gasteiger partial charge on any atom is -0.479 e. The number of likely N-dealkylation sites (tertiary alicyclic amines) is 1. The van der Waals surface area contributed by atoms with Gasteiger partial charge >= 0.3 is 12.0 Å². The SMILES string of the molecule is CCN1CCC(CNC(=O)NCC(C)(O)C(=O)O)CC1. The van der Waals surface area contributed by atoms with Gasteiger partial charge in [0, 0.05) is 6.54 Å². The average Bonchev–Trinajstić information content (AvgIpc) is 2.43. The monoisotopic (exact) mass is 287 g/mol. The molecule has 1 rings (SSSR count). The molecule has 2 amide bonds. The third-order valence-electron chi connectivity index (χ3n) is 3.76. The van der Waals surface area contributed by atoms with Crippen LogP contribution in [0.25, 0.3) is 0 Å². The van der Waals surface area contributed by atoms with Gasteiger partial charge in [-0.2, -0.15) is 0 Å². The number of piperidine rings is 1. The second-order valence-electron chi connectivity index (χ2n) is 5.52. The van der Waals surface area contributed by atoms with Gasteiger partial charge in [-0.15, -0.1) is 0 Å². The number of urea groups is 1. The molecule has 20 heavy (non-hydrogen) atoms. The maximum Gasteiger partial charge on any atom is 0.337 e. The van der Waals surface area contributed by atoms with E-state index in [1.807, 2.05) is 0 Å². The maximum absolute atomic E-state index is 11.5. The summed E-state index contributed by atoms with van der Waals surface area (Å²) >= 11 is 0. The van der Waals surface area contributed by atoms with Gasteiger partial charge in [0.25, 0.3) is 0 Å². The third-order valence-corrected chi connectivity index (χ3v) is 3.76. The van der Waals surface area contributed by atoms with Crippen molar-refractivity contribution in [3.8, 4) is 0 Å². The zero-order valence-electron chi connectivity index (χ0n) is 12.2. The summed E-state index contributed by atoms with van der Waals surface area (Å²) in [4.78, 5) is 24.6. The number of nitrogens with one attached hydrogen (secondary N) is 2. The van der Waals surface area contributed by atoms with Crippen molar-refractivity contribution in [3.63, 3.8) is 0 Å². The standard InChI is InChI=1S/C13H25N3O4/c1-3-16-6-4-10(5-7-16)8-14-12(19)15-9-13(2,20)11(17)18/h10,20H,3-9H2,1-2H3,(H,17,18)(H2,14,15,19). The van der Waals surface area contributed by atoms with Crippen molar-refractivity contribution in [2.45, 2.75) is 32.3 Å². The molecule has 0 spiro atoms. The Morgan fingerprint density at radius 1 is 1.30 bits per heavy atom. The van der Waals surface area contributed by atoms with E-state index in [0.717, 1.165) is 39.4 Å². The quantitative estimate of drug-likeness (QED) is 0.544. The molecule has 7 heteroatoms. The third kappa shape index (κ3) is 5.34. The summed E-state index contributed by atoms with van der Waals surface area (Å²) in [6.07, 6.45) is 2.11. The van der Waals surface area contributed by atoms with Gasteiger partial charge in [0.1, 0.15) is 0 Å². The first-order valence-electron chi connectivity index (χ1n) is 7.05. The molecule has 0 aliphatic carbocycles. The van der Waals surface area contributed by atoms with Crippen LogP contribution in [0.3, 0.4) is 0 Å². The van der Waals surface area contributed by atoms with Crippen molar-refractivity contribution < 1.29 is 19.8 Å². The van der Waals surface area contributed by atoms with E-state index in [2.05, 4.69) is 22.5 Å². The van der Waals surface area contributed by atoms with Crippen LogP contribution < -0.4 is 10.6 Å². The number of aliphatic carboxylic acids is 1. The van der Waals surface area contributed by atoms with Crippen LogP contribution in [0.5, 0.6) is 0 Å². The van der Waals surface area contributed by atoms with Crippen LogP contribution in [0.1, 0.15) is 26.7 Å². The zero-order valence-corrected chi connectivity index (χ0v) is 12.2. The Morgan fingerprint density at radius 2 is 1.90 bits per heavy atom. The summed E-state index contributed by atoms with van der Waals surface area (Å²) in [5.41, 5.74) is -1.94. The van der Waals surface area contributed by atoms with E-state index in [0.29, 0.717) is 12.5 Å². The van der Waals surface area contributed by atoms with Crippen LogP contribution in [0.2, 0.25) is 0 Å². The highest BCUT2D eigenvalue weighted by molar-refractivity contribution is 5.79. The number of hydrogen-bond donors (Lipinski definition) is 4. The first-order valence-corrected chi connectivity index (χ1v) is 7.05. The maximum atomic E-state index is 11.5. The lowest BCUT2D eigenvalue weighted by Gasteiger charge is -2.31.